The summed E-state index contributed by atoms with van der Waals surface area (Å²) in [7, 11) is 0. The van der Waals surface area contributed by atoms with Gasteiger partial charge in [-0.3, -0.25) is 0 Å². The van der Waals surface area contributed by atoms with Gasteiger partial charge in [0.2, 0.25) is 0 Å². The molecule has 0 spiro atoms. The van der Waals surface area contributed by atoms with Crippen molar-refractivity contribution < 1.29 is 0 Å². The standard InChI is InChI=1S/C12H25N/c1-10(2)6-8-12(13)7-4-5-11(3)9-12/h10-11H,4-9,13H2,1-3H3. The molecule has 0 aromatic rings. The molecule has 0 aliphatic heterocycles. The van der Waals surface area contributed by atoms with Gasteiger partial charge in [-0.2, -0.15) is 0 Å². The fraction of sp³-hybridized carbons (Fsp3) is 1.00. The van der Waals surface area contributed by atoms with E-state index in [1.54, 1.807) is 0 Å². The van der Waals surface area contributed by atoms with E-state index in [1.807, 2.05) is 0 Å². The van der Waals surface area contributed by atoms with Crippen molar-refractivity contribution in [3.05, 3.63) is 0 Å². The van der Waals surface area contributed by atoms with E-state index in [4.69, 9.17) is 5.73 Å². The molecule has 1 heteroatoms. The molecule has 2 N–H and O–H groups in total. The maximum Gasteiger partial charge on any atom is 0.0157 e. The van der Waals surface area contributed by atoms with Crippen LogP contribution >= 0.6 is 0 Å². The van der Waals surface area contributed by atoms with Gasteiger partial charge in [0.25, 0.3) is 0 Å². The smallest absolute Gasteiger partial charge is 0.0157 e. The Hall–Kier alpha value is -0.0400. The van der Waals surface area contributed by atoms with Crippen molar-refractivity contribution in [2.24, 2.45) is 17.6 Å². The van der Waals surface area contributed by atoms with Gasteiger partial charge in [0, 0.05) is 5.54 Å². The first-order valence-corrected chi connectivity index (χ1v) is 5.81. The van der Waals surface area contributed by atoms with Crippen LogP contribution in [0.1, 0.15) is 59.3 Å². The number of hydrogen-bond acceptors (Lipinski definition) is 1. The third-order valence-corrected chi connectivity index (χ3v) is 3.35. The lowest BCUT2D eigenvalue weighted by Gasteiger charge is -2.37. The maximum absolute atomic E-state index is 6.40. The summed E-state index contributed by atoms with van der Waals surface area (Å²) in [6, 6.07) is 0. The molecule has 0 radical (unpaired) electrons. The molecule has 0 heterocycles. The summed E-state index contributed by atoms with van der Waals surface area (Å²) in [6.07, 6.45) is 7.76. The molecule has 2 unspecified atom stereocenters. The predicted molar refractivity (Wildman–Crippen MR) is 58.6 cm³/mol. The Bertz CT molecular complexity index is 153. The molecule has 1 aliphatic carbocycles. The van der Waals surface area contributed by atoms with E-state index >= 15 is 0 Å². The van der Waals surface area contributed by atoms with Crippen molar-refractivity contribution in [1.82, 2.24) is 0 Å². The second-order valence-corrected chi connectivity index (χ2v) is 5.50. The fourth-order valence-corrected chi connectivity index (χ4v) is 2.50. The molecule has 1 nitrogen and oxygen atoms in total. The van der Waals surface area contributed by atoms with Crippen LogP contribution in [0.25, 0.3) is 0 Å². The van der Waals surface area contributed by atoms with Crippen LogP contribution in [-0.4, -0.2) is 5.54 Å². The molecule has 0 bridgehead atoms. The van der Waals surface area contributed by atoms with Gasteiger partial charge in [-0.05, 0) is 37.5 Å². The van der Waals surface area contributed by atoms with E-state index in [9.17, 15) is 0 Å². The lowest BCUT2D eigenvalue weighted by molar-refractivity contribution is 0.213. The number of rotatable bonds is 3. The monoisotopic (exact) mass is 183 g/mol. The maximum atomic E-state index is 6.40. The van der Waals surface area contributed by atoms with Crippen LogP contribution in [0.3, 0.4) is 0 Å². The third kappa shape index (κ3) is 3.68. The molecule has 0 aromatic heterocycles. The quantitative estimate of drug-likeness (QED) is 0.713. The average molecular weight is 183 g/mol. The average Bonchev–Trinajstić information content (AvgIpc) is 2.01. The lowest BCUT2D eigenvalue weighted by atomic mass is 9.74. The molecule has 0 saturated heterocycles. The van der Waals surface area contributed by atoms with Crippen LogP contribution in [0.4, 0.5) is 0 Å². The van der Waals surface area contributed by atoms with Gasteiger partial charge < -0.3 is 5.73 Å². The van der Waals surface area contributed by atoms with Crippen molar-refractivity contribution in [1.29, 1.82) is 0 Å². The Morgan fingerprint density at radius 1 is 1.46 bits per heavy atom. The fourth-order valence-electron chi connectivity index (χ4n) is 2.50. The normalized spacial score (nSPS) is 35.3. The topological polar surface area (TPSA) is 26.0 Å². The largest absolute Gasteiger partial charge is 0.325 e. The van der Waals surface area contributed by atoms with E-state index < -0.39 is 0 Å². The highest BCUT2D eigenvalue weighted by Gasteiger charge is 2.30. The molecule has 78 valence electrons. The minimum Gasteiger partial charge on any atom is -0.325 e. The Labute approximate surface area is 83.1 Å². The molecule has 0 aromatic carbocycles. The Balaban J connectivity index is 2.35. The molecule has 1 aliphatic rings. The zero-order chi connectivity index (χ0) is 9.90. The van der Waals surface area contributed by atoms with Gasteiger partial charge in [-0.15, -0.1) is 0 Å². The molecular weight excluding hydrogens is 158 g/mol. The van der Waals surface area contributed by atoms with Crippen LogP contribution in [0.5, 0.6) is 0 Å². The second-order valence-electron chi connectivity index (χ2n) is 5.50. The lowest BCUT2D eigenvalue weighted by Crippen LogP contribution is -2.44. The summed E-state index contributed by atoms with van der Waals surface area (Å²) in [5, 5.41) is 0. The van der Waals surface area contributed by atoms with Gasteiger partial charge in [0.05, 0.1) is 0 Å². The van der Waals surface area contributed by atoms with Crippen LogP contribution < -0.4 is 5.73 Å². The van der Waals surface area contributed by atoms with Crippen molar-refractivity contribution >= 4 is 0 Å². The van der Waals surface area contributed by atoms with Crippen molar-refractivity contribution in [2.75, 3.05) is 0 Å². The van der Waals surface area contributed by atoms with E-state index in [0.717, 1.165) is 11.8 Å². The highest BCUT2D eigenvalue weighted by Crippen LogP contribution is 2.34. The van der Waals surface area contributed by atoms with Gasteiger partial charge in [-0.1, -0.05) is 33.6 Å². The summed E-state index contributed by atoms with van der Waals surface area (Å²) in [6.45, 7) is 6.92. The van der Waals surface area contributed by atoms with E-state index in [2.05, 4.69) is 20.8 Å². The minimum atomic E-state index is 0.182. The van der Waals surface area contributed by atoms with E-state index in [-0.39, 0.29) is 5.54 Å². The second kappa shape index (κ2) is 4.45. The Kier molecular flexibility index (Phi) is 3.78. The summed E-state index contributed by atoms with van der Waals surface area (Å²) in [5.74, 6) is 1.66. The van der Waals surface area contributed by atoms with Gasteiger partial charge in [0.1, 0.15) is 0 Å². The Morgan fingerprint density at radius 2 is 2.15 bits per heavy atom. The van der Waals surface area contributed by atoms with Crippen molar-refractivity contribution in [3.8, 4) is 0 Å². The minimum absolute atomic E-state index is 0.182. The third-order valence-electron chi connectivity index (χ3n) is 3.35. The molecular formula is C12H25N. The van der Waals surface area contributed by atoms with Gasteiger partial charge in [0.15, 0.2) is 0 Å². The SMILES string of the molecule is CC(C)CCC1(N)CCCC(C)C1. The van der Waals surface area contributed by atoms with E-state index in [1.165, 1.54) is 38.5 Å². The van der Waals surface area contributed by atoms with Crippen LogP contribution in [-0.2, 0) is 0 Å². The zero-order valence-electron chi connectivity index (χ0n) is 9.47. The van der Waals surface area contributed by atoms with E-state index in [0.29, 0.717) is 0 Å². The summed E-state index contributed by atoms with van der Waals surface area (Å²) >= 11 is 0. The first kappa shape index (κ1) is 11.0. The van der Waals surface area contributed by atoms with Crippen molar-refractivity contribution in [2.45, 2.75) is 64.8 Å². The number of hydrogen-bond donors (Lipinski definition) is 1. The molecule has 0 amide bonds. The van der Waals surface area contributed by atoms with Crippen LogP contribution in [0, 0.1) is 11.8 Å². The van der Waals surface area contributed by atoms with Gasteiger partial charge >= 0.3 is 0 Å². The molecule has 13 heavy (non-hydrogen) atoms. The van der Waals surface area contributed by atoms with Crippen LogP contribution in [0.15, 0.2) is 0 Å². The molecule has 1 saturated carbocycles. The predicted octanol–water partition coefficient (Wildman–Crippen LogP) is 3.33. The summed E-state index contributed by atoms with van der Waals surface area (Å²) in [5.41, 5.74) is 6.58. The Morgan fingerprint density at radius 3 is 2.69 bits per heavy atom. The van der Waals surface area contributed by atoms with Crippen molar-refractivity contribution in [3.63, 3.8) is 0 Å². The first-order chi connectivity index (χ1) is 6.02. The van der Waals surface area contributed by atoms with Gasteiger partial charge in [-0.25, -0.2) is 0 Å². The highest BCUT2D eigenvalue weighted by molar-refractivity contribution is 4.89. The number of nitrogens with two attached hydrogens (primary N) is 1. The molecule has 1 fully saturated rings. The zero-order valence-corrected chi connectivity index (χ0v) is 9.47. The molecule has 1 rings (SSSR count). The molecule has 2 atom stereocenters. The van der Waals surface area contributed by atoms with Crippen LogP contribution in [0.2, 0.25) is 0 Å². The first-order valence-electron chi connectivity index (χ1n) is 5.81. The summed E-state index contributed by atoms with van der Waals surface area (Å²) < 4.78 is 0. The highest BCUT2D eigenvalue weighted by atomic mass is 14.7. The summed E-state index contributed by atoms with van der Waals surface area (Å²) in [4.78, 5) is 0.